The Morgan fingerprint density at radius 1 is 0.841 bits per heavy atom. The Morgan fingerprint density at radius 2 is 1.43 bits per heavy atom. The fourth-order valence-electron chi connectivity index (χ4n) is 6.40. The molecule has 0 N–H and O–H groups in total. The fraction of sp³-hybridized carbons (Fsp3) is 0.281. The number of carbonyl (C=O) groups is 5. The van der Waals surface area contributed by atoms with Crippen molar-refractivity contribution in [2.24, 2.45) is 23.7 Å². The molecule has 3 aliphatic rings. The van der Waals surface area contributed by atoms with Crippen molar-refractivity contribution in [1.82, 2.24) is 10.0 Å². The van der Waals surface area contributed by atoms with E-state index in [4.69, 9.17) is 21.1 Å². The van der Waals surface area contributed by atoms with Crippen LogP contribution in [-0.4, -0.2) is 62.8 Å². The minimum atomic E-state index is -0.682. The van der Waals surface area contributed by atoms with Crippen molar-refractivity contribution in [3.05, 3.63) is 94.5 Å². The van der Waals surface area contributed by atoms with E-state index in [-0.39, 0.29) is 43.9 Å². The van der Waals surface area contributed by atoms with E-state index in [2.05, 4.69) is 31.9 Å². The monoisotopic (exact) mass is 742 g/mol. The summed E-state index contributed by atoms with van der Waals surface area (Å²) in [5.74, 6) is -3.33. The Kier molecular flexibility index (Phi) is 8.38. The van der Waals surface area contributed by atoms with E-state index >= 15 is 0 Å². The second-order valence-corrected chi connectivity index (χ2v) is 13.5. The van der Waals surface area contributed by atoms with Crippen molar-refractivity contribution in [3.8, 4) is 11.5 Å². The molecular weight excluding hydrogens is 720 g/mol. The molecule has 1 heterocycles. The zero-order valence-electron chi connectivity index (χ0n) is 23.2. The van der Waals surface area contributed by atoms with Crippen LogP contribution in [0.25, 0.3) is 0 Å². The van der Waals surface area contributed by atoms with Gasteiger partial charge < -0.3 is 9.47 Å². The van der Waals surface area contributed by atoms with Gasteiger partial charge in [0, 0.05) is 25.8 Å². The normalized spacial score (nSPS) is 25.1. The summed E-state index contributed by atoms with van der Waals surface area (Å²) < 4.78 is 10.6. The van der Waals surface area contributed by atoms with Gasteiger partial charge in [-0.3, -0.25) is 19.2 Å². The Labute approximate surface area is 274 Å². The van der Waals surface area contributed by atoms with E-state index in [1.165, 1.54) is 55.6 Å². The molecule has 9 nitrogen and oxygen atoms in total. The average Bonchev–Trinajstić information content (AvgIpc) is 3.65. The lowest BCUT2D eigenvalue weighted by Gasteiger charge is -2.31. The standard InChI is InChI=1S/C32H25Br2ClN2O7/c1-43-21-4-2-3-18(13-21)32(42)44-20-11-7-16(8-12-20)24(38)15-36(29(39)17-5-9-19(35)10-6-17)37-30(40)25-22-14-23(26(25)31(37)41)28(34)27(22)33/h2-13,22-23,25-28H,14-15H2,1H3/t22-,23-,25-,26-,27+,28+/m1/s1. The number of hydrazine groups is 1. The fourth-order valence-corrected chi connectivity index (χ4v) is 8.40. The number of imide groups is 1. The largest absolute Gasteiger partial charge is 0.497 e. The van der Waals surface area contributed by atoms with Gasteiger partial charge >= 0.3 is 5.97 Å². The van der Waals surface area contributed by atoms with Gasteiger partial charge in [-0.05, 0) is 85.0 Å². The quantitative estimate of drug-likeness (QED) is 0.0974. The molecule has 0 unspecified atom stereocenters. The summed E-state index contributed by atoms with van der Waals surface area (Å²) in [5.41, 5.74) is 0.649. The van der Waals surface area contributed by atoms with Gasteiger partial charge in [-0.25, -0.2) is 9.80 Å². The van der Waals surface area contributed by atoms with E-state index in [0.29, 0.717) is 10.8 Å². The number of esters is 1. The first kappa shape index (κ1) is 30.5. The average molecular weight is 745 g/mol. The minimum Gasteiger partial charge on any atom is -0.497 e. The second kappa shape index (κ2) is 12.1. The highest BCUT2D eigenvalue weighted by molar-refractivity contribution is 9.12. The molecule has 226 valence electrons. The van der Waals surface area contributed by atoms with E-state index < -0.39 is 47.9 Å². The summed E-state index contributed by atoms with van der Waals surface area (Å²) in [6.07, 6.45) is 0.727. The maximum absolute atomic E-state index is 13.8. The molecule has 3 aromatic carbocycles. The van der Waals surface area contributed by atoms with Crippen molar-refractivity contribution in [1.29, 1.82) is 0 Å². The molecule has 0 aromatic heterocycles. The molecule has 12 heteroatoms. The maximum atomic E-state index is 13.8. The highest BCUT2D eigenvalue weighted by atomic mass is 79.9. The number of alkyl halides is 2. The maximum Gasteiger partial charge on any atom is 0.343 e. The molecule has 6 rings (SSSR count). The van der Waals surface area contributed by atoms with Gasteiger partial charge in [0.2, 0.25) is 0 Å². The first-order valence-corrected chi connectivity index (χ1v) is 16.0. The SMILES string of the molecule is COc1cccc(C(=O)Oc2ccc(C(=O)CN(C(=O)c3ccc(Cl)cc3)N3C(=O)[C@@H]4[C@H]5C[C@@H]([C@H](Br)[C@H]5Br)[C@H]4C3=O)cc2)c1. The number of methoxy groups -OCH3 is 1. The van der Waals surface area contributed by atoms with Gasteiger partial charge in [-0.2, -0.15) is 5.01 Å². The van der Waals surface area contributed by atoms with Crippen LogP contribution in [0.1, 0.15) is 37.5 Å². The molecule has 3 aromatic rings. The van der Waals surface area contributed by atoms with Crippen LogP contribution in [0.5, 0.6) is 11.5 Å². The van der Waals surface area contributed by atoms with E-state index in [0.717, 1.165) is 16.4 Å². The number of ketones is 1. The number of hydrogen-bond acceptors (Lipinski definition) is 7. The third-order valence-electron chi connectivity index (χ3n) is 8.52. The number of halogens is 3. The Morgan fingerprint density at radius 3 is 2.02 bits per heavy atom. The first-order chi connectivity index (χ1) is 21.1. The van der Waals surface area contributed by atoms with E-state index in [1.54, 1.807) is 24.3 Å². The number of Topliss-reactive ketones (excluding diaryl/α,β-unsaturated/α-hetero) is 1. The van der Waals surface area contributed by atoms with Crippen LogP contribution >= 0.6 is 43.5 Å². The Hall–Kier alpha value is -3.54. The lowest BCUT2D eigenvalue weighted by molar-refractivity contribution is -0.154. The first-order valence-electron chi connectivity index (χ1n) is 13.8. The molecule has 2 saturated carbocycles. The smallest absolute Gasteiger partial charge is 0.343 e. The lowest BCUT2D eigenvalue weighted by atomic mass is 9.81. The molecule has 44 heavy (non-hydrogen) atoms. The highest BCUT2D eigenvalue weighted by Crippen LogP contribution is 2.60. The van der Waals surface area contributed by atoms with Crippen molar-refractivity contribution in [2.75, 3.05) is 13.7 Å². The molecule has 1 aliphatic heterocycles. The number of ether oxygens (including phenoxy) is 2. The molecule has 0 radical (unpaired) electrons. The molecule has 3 amide bonds. The third kappa shape index (κ3) is 5.35. The van der Waals surface area contributed by atoms with Gasteiger partial charge in [0.15, 0.2) is 5.78 Å². The Balaban J connectivity index is 1.24. The number of hydrogen-bond donors (Lipinski definition) is 0. The molecule has 2 bridgehead atoms. The zero-order valence-corrected chi connectivity index (χ0v) is 27.1. The van der Waals surface area contributed by atoms with Crippen molar-refractivity contribution in [3.63, 3.8) is 0 Å². The molecule has 1 saturated heterocycles. The van der Waals surface area contributed by atoms with Crippen LogP contribution in [0.3, 0.4) is 0 Å². The highest BCUT2D eigenvalue weighted by Gasteiger charge is 2.67. The number of carbonyl (C=O) groups excluding carboxylic acids is 5. The van der Waals surface area contributed by atoms with Crippen LogP contribution in [-0.2, 0) is 9.59 Å². The summed E-state index contributed by atoms with van der Waals surface area (Å²) in [5, 5.41) is 2.22. The minimum absolute atomic E-state index is 0.0176. The predicted octanol–water partition coefficient (Wildman–Crippen LogP) is 5.59. The topological polar surface area (TPSA) is 110 Å². The van der Waals surface area contributed by atoms with Crippen LogP contribution < -0.4 is 9.47 Å². The third-order valence-corrected chi connectivity index (χ3v) is 12.0. The molecular formula is C32H25Br2ClN2O7. The molecule has 6 atom stereocenters. The van der Waals surface area contributed by atoms with Gasteiger partial charge in [0.05, 0.1) is 24.5 Å². The number of amides is 3. The van der Waals surface area contributed by atoms with Gasteiger partial charge in [-0.15, -0.1) is 0 Å². The summed E-state index contributed by atoms with van der Waals surface area (Å²) in [4.78, 5) is 67.5. The van der Waals surface area contributed by atoms with Gasteiger partial charge in [0.1, 0.15) is 18.0 Å². The summed E-state index contributed by atoms with van der Waals surface area (Å²) in [7, 11) is 1.49. The Bertz CT molecular complexity index is 1630. The van der Waals surface area contributed by atoms with Crippen molar-refractivity contribution in [2.45, 2.75) is 16.1 Å². The number of rotatable bonds is 8. The van der Waals surface area contributed by atoms with Crippen LogP contribution in [0, 0.1) is 23.7 Å². The van der Waals surface area contributed by atoms with E-state index in [1.807, 2.05) is 0 Å². The predicted molar refractivity (Wildman–Crippen MR) is 167 cm³/mol. The second-order valence-electron chi connectivity index (χ2n) is 10.9. The van der Waals surface area contributed by atoms with Crippen LogP contribution in [0.2, 0.25) is 5.02 Å². The number of benzene rings is 3. The van der Waals surface area contributed by atoms with Gasteiger partial charge in [-0.1, -0.05) is 49.5 Å². The molecule has 3 fully saturated rings. The van der Waals surface area contributed by atoms with E-state index in [9.17, 15) is 24.0 Å². The summed E-state index contributed by atoms with van der Waals surface area (Å²) >= 11 is 13.4. The zero-order chi connectivity index (χ0) is 31.3. The van der Waals surface area contributed by atoms with Crippen molar-refractivity contribution >= 4 is 72.9 Å². The van der Waals surface area contributed by atoms with Crippen LogP contribution in [0.4, 0.5) is 0 Å². The lowest BCUT2D eigenvalue weighted by Crippen LogP contribution is -2.52. The molecule has 2 aliphatic carbocycles. The van der Waals surface area contributed by atoms with Gasteiger partial charge in [0.25, 0.3) is 17.7 Å². The summed E-state index contributed by atoms with van der Waals surface area (Å²) in [6.45, 7) is -0.563. The number of fused-ring (bicyclic) bond motifs is 5. The van der Waals surface area contributed by atoms with Crippen molar-refractivity contribution < 1.29 is 33.4 Å². The van der Waals surface area contributed by atoms with Crippen LogP contribution in [0.15, 0.2) is 72.8 Å². The summed E-state index contributed by atoms with van der Waals surface area (Å²) in [6, 6.07) is 18.3. The number of nitrogens with zero attached hydrogens (tertiary/aromatic N) is 2. The molecule has 0 spiro atoms.